The minimum absolute atomic E-state index is 0.692. The summed E-state index contributed by atoms with van der Waals surface area (Å²) >= 11 is 1.87. The molecule has 0 saturated carbocycles. The van der Waals surface area contributed by atoms with Gasteiger partial charge in [-0.05, 0) is 31.3 Å². The summed E-state index contributed by atoms with van der Waals surface area (Å²) in [7, 11) is 0. The zero-order valence-electron chi connectivity index (χ0n) is 12.4. The Morgan fingerprint density at radius 2 is 2.15 bits per heavy atom. The fourth-order valence-electron chi connectivity index (χ4n) is 2.11. The molecule has 0 unspecified atom stereocenters. The first-order chi connectivity index (χ1) is 9.72. The van der Waals surface area contributed by atoms with Crippen LogP contribution in [0.3, 0.4) is 0 Å². The van der Waals surface area contributed by atoms with E-state index in [1.807, 2.05) is 18.3 Å². The van der Waals surface area contributed by atoms with Gasteiger partial charge < -0.3 is 10.1 Å². The Morgan fingerprint density at radius 1 is 1.35 bits per heavy atom. The van der Waals surface area contributed by atoms with Gasteiger partial charge in [-0.1, -0.05) is 30.7 Å². The van der Waals surface area contributed by atoms with Crippen molar-refractivity contribution in [2.45, 2.75) is 33.4 Å². The van der Waals surface area contributed by atoms with Gasteiger partial charge in [-0.2, -0.15) is 0 Å². The van der Waals surface area contributed by atoms with Crippen molar-refractivity contribution in [1.82, 2.24) is 5.32 Å². The molecule has 0 aliphatic heterocycles. The predicted octanol–water partition coefficient (Wildman–Crippen LogP) is 4.49. The lowest BCUT2D eigenvalue weighted by atomic mass is 10.1. The summed E-state index contributed by atoms with van der Waals surface area (Å²) in [6, 6.07) is 8.58. The molecule has 0 radical (unpaired) electrons. The fraction of sp³-hybridized carbons (Fsp3) is 0.412. The molecule has 0 spiro atoms. The number of hydrogen-bond acceptors (Lipinski definition) is 3. The molecule has 108 valence electrons. The Balaban J connectivity index is 2.12. The van der Waals surface area contributed by atoms with Crippen LogP contribution in [0, 0.1) is 0 Å². The molecule has 1 aromatic carbocycles. The second kappa shape index (κ2) is 7.58. The predicted molar refractivity (Wildman–Crippen MR) is 88.3 cm³/mol. The highest BCUT2D eigenvalue weighted by Crippen LogP contribution is 2.31. The van der Waals surface area contributed by atoms with E-state index in [1.165, 1.54) is 26.1 Å². The molecule has 1 aromatic heterocycles. The number of benzene rings is 1. The Labute approximate surface area is 125 Å². The maximum atomic E-state index is 5.84. The maximum Gasteiger partial charge on any atom is 0.0734 e. The van der Waals surface area contributed by atoms with Crippen LogP contribution in [0.2, 0.25) is 0 Å². The van der Waals surface area contributed by atoms with Crippen LogP contribution >= 0.6 is 11.3 Å². The highest BCUT2D eigenvalue weighted by atomic mass is 32.1. The monoisotopic (exact) mass is 289 g/mol. The molecule has 0 fully saturated rings. The fourth-order valence-corrected chi connectivity index (χ4v) is 3.29. The molecule has 1 heterocycles. The summed E-state index contributed by atoms with van der Waals surface area (Å²) in [5.41, 5.74) is 2.52. The van der Waals surface area contributed by atoms with Crippen molar-refractivity contribution in [1.29, 1.82) is 0 Å². The summed E-state index contributed by atoms with van der Waals surface area (Å²) < 4.78 is 7.18. The zero-order valence-corrected chi connectivity index (χ0v) is 13.2. The lowest BCUT2D eigenvalue weighted by Crippen LogP contribution is -2.12. The van der Waals surface area contributed by atoms with Gasteiger partial charge in [0.25, 0.3) is 0 Å². The van der Waals surface area contributed by atoms with Gasteiger partial charge in [-0.15, -0.1) is 17.9 Å². The number of thiophene rings is 1. The summed E-state index contributed by atoms with van der Waals surface area (Å²) in [6.07, 6.45) is 0.935. The molecule has 2 rings (SSSR count). The molecule has 0 aliphatic carbocycles. The first-order valence-corrected chi connectivity index (χ1v) is 7.96. The van der Waals surface area contributed by atoms with Crippen molar-refractivity contribution in [3.63, 3.8) is 0 Å². The van der Waals surface area contributed by atoms with Gasteiger partial charge in [0.2, 0.25) is 0 Å². The standard InChI is InChI=1S/C17H23NOS/c1-4-18-11-17-15(12-19-10-9-13(2)3)14-7-5-6-8-16(14)20-17/h5-8,18H,2,4,9-12H2,1,3H3. The van der Waals surface area contributed by atoms with Crippen LogP contribution < -0.4 is 5.32 Å². The first-order valence-electron chi connectivity index (χ1n) is 7.14. The third kappa shape index (κ3) is 3.92. The molecule has 3 heteroatoms. The van der Waals surface area contributed by atoms with E-state index in [9.17, 15) is 0 Å². The largest absolute Gasteiger partial charge is 0.376 e. The van der Waals surface area contributed by atoms with E-state index in [2.05, 4.69) is 43.1 Å². The molecule has 2 nitrogen and oxygen atoms in total. The van der Waals surface area contributed by atoms with E-state index in [1.54, 1.807) is 0 Å². The molecule has 2 aromatic rings. The third-order valence-electron chi connectivity index (χ3n) is 3.24. The molecular weight excluding hydrogens is 266 g/mol. The summed E-state index contributed by atoms with van der Waals surface area (Å²) in [6.45, 7) is 11.4. The Kier molecular flexibility index (Phi) is 5.77. The van der Waals surface area contributed by atoms with E-state index < -0.39 is 0 Å². The topological polar surface area (TPSA) is 21.3 Å². The van der Waals surface area contributed by atoms with Crippen LogP contribution in [0.25, 0.3) is 10.1 Å². The van der Waals surface area contributed by atoms with Crippen molar-refractivity contribution < 1.29 is 4.74 Å². The van der Waals surface area contributed by atoms with E-state index in [-0.39, 0.29) is 0 Å². The second-order valence-electron chi connectivity index (χ2n) is 5.04. The molecule has 0 aliphatic rings. The molecule has 0 atom stereocenters. The van der Waals surface area contributed by atoms with E-state index in [4.69, 9.17) is 4.74 Å². The highest BCUT2D eigenvalue weighted by molar-refractivity contribution is 7.19. The molecule has 0 saturated heterocycles. The highest BCUT2D eigenvalue weighted by Gasteiger charge is 2.11. The number of nitrogens with one attached hydrogen (secondary N) is 1. The SMILES string of the molecule is C=C(C)CCOCc1c(CNCC)sc2ccccc12. The Morgan fingerprint density at radius 3 is 2.90 bits per heavy atom. The molecule has 1 N–H and O–H groups in total. The van der Waals surface area contributed by atoms with Crippen LogP contribution in [-0.2, 0) is 17.9 Å². The van der Waals surface area contributed by atoms with Gasteiger partial charge in [-0.3, -0.25) is 0 Å². The van der Waals surface area contributed by atoms with Crippen molar-refractivity contribution in [3.05, 3.63) is 46.9 Å². The van der Waals surface area contributed by atoms with E-state index >= 15 is 0 Å². The van der Waals surface area contributed by atoms with Gasteiger partial charge in [0.1, 0.15) is 0 Å². The van der Waals surface area contributed by atoms with Crippen LogP contribution in [0.1, 0.15) is 30.7 Å². The van der Waals surface area contributed by atoms with Gasteiger partial charge in [0.05, 0.1) is 13.2 Å². The van der Waals surface area contributed by atoms with Crippen LogP contribution in [-0.4, -0.2) is 13.2 Å². The van der Waals surface area contributed by atoms with Gasteiger partial charge in [-0.25, -0.2) is 0 Å². The summed E-state index contributed by atoms with van der Waals surface area (Å²) in [5.74, 6) is 0. The van der Waals surface area contributed by atoms with Gasteiger partial charge in [0.15, 0.2) is 0 Å². The average Bonchev–Trinajstić information content (AvgIpc) is 2.79. The number of hydrogen-bond donors (Lipinski definition) is 1. The van der Waals surface area contributed by atoms with Crippen LogP contribution in [0.5, 0.6) is 0 Å². The maximum absolute atomic E-state index is 5.84. The van der Waals surface area contributed by atoms with Gasteiger partial charge >= 0.3 is 0 Å². The van der Waals surface area contributed by atoms with E-state index in [0.717, 1.165) is 26.1 Å². The van der Waals surface area contributed by atoms with E-state index in [0.29, 0.717) is 6.61 Å². The average molecular weight is 289 g/mol. The minimum Gasteiger partial charge on any atom is -0.376 e. The Hall–Kier alpha value is -1.16. The van der Waals surface area contributed by atoms with Crippen molar-refractivity contribution in [2.75, 3.05) is 13.2 Å². The van der Waals surface area contributed by atoms with Crippen molar-refractivity contribution in [2.24, 2.45) is 0 Å². The summed E-state index contributed by atoms with van der Waals surface area (Å²) in [4.78, 5) is 1.39. The van der Waals surface area contributed by atoms with Crippen molar-refractivity contribution >= 4 is 21.4 Å². The van der Waals surface area contributed by atoms with Gasteiger partial charge in [0, 0.05) is 21.7 Å². The number of ether oxygens (including phenoxy) is 1. The third-order valence-corrected chi connectivity index (χ3v) is 4.45. The quantitative estimate of drug-likeness (QED) is 0.571. The molecule has 20 heavy (non-hydrogen) atoms. The second-order valence-corrected chi connectivity index (χ2v) is 6.18. The number of fused-ring (bicyclic) bond motifs is 1. The number of rotatable bonds is 8. The first kappa shape index (κ1) is 15.2. The molecule has 0 bridgehead atoms. The minimum atomic E-state index is 0.692. The lowest BCUT2D eigenvalue weighted by molar-refractivity contribution is 0.124. The summed E-state index contributed by atoms with van der Waals surface area (Å²) in [5, 5.41) is 4.75. The lowest BCUT2D eigenvalue weighted by Gasteiger charge is -2.07. The zero-order chi connectivity index (χ0) is 14.4. The normalized spacial score (nSPS) is 11.1. The smallest absolute Gasteiger partial charge is 0.0734 e. The van der Waals surface area contributed by atoms with Crippen LogP contribution in [0.4, 0.5) is 0 Å². The van der Waals surface area contributed by atoms with Crippen molar-refractivity contribution in [3.8, 4) is 0 Å². The van der Waals surface area contributed by atoms with Crippen LogP contribution in [0.15, 0.2) is 36.4 Å². The Bertz CT molecular complexity index is 573. The molecule has 0 amide bonds. The molecular formula is C17H23NOS.